The highest BCUT2D eigenvalue weighted by Crippen LogP contribution is 2.25. The molecule has 3 heterocycles. The van der Waals surface area contributed by atoms with Gasteiger partial charge in [0, 0.05) is 26.1 Å². The van der Waals surface area contributed by atoms with Gasteiger partial charge in [0.25, 0.3) is 0 Å². The lowest BCUT2D eigenvalue weighted by Gasteiger charge is -2.35. The highest BCUT2D eigenvalue weighted by Gasteiger charge is 2.28. The highest BCUT2D eigenvalue weighted by atomic mass is 16.2. The first-order valence-corrected chi connectivity index (χ1v) is 9.93. The second-order valence-electron chi connectivity index (χ2n) is 8.12. The van der Waals surface area contributed by atoms with Gasteiger partial charge in [-0.25, -0.2) is 0 Å². The van der Waals surface area contributed by atoms with Crippen LogP contribution in [0, 0.1) is 17.8 Å². The van der Waals surface area contributed by atoms with Gasteiger partial charge in [0.15, 0.2) is 0 Å². The Morgan fingerprint density at radius 2 is 1.83 bits per heavy atom. The minimum atomic E-state index is 0.405. The Hall–Kier alpha value is -0.610. The number of carbonyl (C=O) groups is 1. The zero-order valence-corrected chi connectivity index (χ0v) is 14.9. The van der Waals surface area contributed by atoms with Crippen molar-refractivity contribution in [3.8, 4) is 0 Å². The van der Waals surface area contributed by atoms with Crippen molar-refractivity contribution in [1.29, 1.82) is 0 Å². The quantitative estimate of drug-likeness (QED) is 0.844. The molecule has 0 aromatic heterocycles. The molecule has 2 atom stereocenters. The third-order valence-electron chi connectivity index (χ3n) is 6.32. The number of rotatable bonds is 5. The summed E-state index contributed by atoms with van der Waals surface area (Å²) in [6, 6.07) is 0. The lowest BCUT2D eigenvalue weighted by molar-refractivity contribution is -0.134. The number of nitrogens with one attached hydrogen (secondary N) is 1. The summed E-state index contributed by atoms with van der Waals surface area (Å²) < 4.78 is 0. The van der Waals surface area contributed by atoms with Crippen LogP contribution in [0.2, 0.25) is 0 Å². The van der Waals surface area contributed by atoms with E-state index in [1.165, 1.54) is 58.2 Å². The smallest absolute Gasteiger partial charge is 0.222 e. The van der Waals surface area contributed by atoms with Gasteiger partial charge >= 0.3 is 0 Å². The molecule has 23 heavy (non-hydrogen) atoms. The molecular formula is C19H35N3O. The second-order valence-corrected chi connectivity index (χ2v) is 8.12. The minimum Gasteiger partial charge on any atom is -0.343 e. The van der Waals surface area contributed by atoms with Crippen molar-refractivity contribution in [1.82, 2.24) is 15.1 Å². The van der Waals surface area contributed by atoms with Crippen LogP contribution in [0.25, 0.3) is 0 Å². The molecule has 0 aliphatic carbocycles. The molecule has 3 aliphatic heterocycles. The van der Waals surface area contributed by atoms with Crippen LogP contribution in [0.3, 0.4) is 0 Å². The Balaban J connectivity index is 1.37. The van der Waals surface area contributed by atoms with Gasteiger partial charge in [-0.2, -0.15) is 0 Å². The molecule has 0 saturated carbocycles. The lowest BCUT2D eigenvalue weighted by Crippen LogP contribution is -2.42. The van der Waals surface area contributed by atoms with Crippen molar-refractivity contribution in [3.05, 3.63) is 0 Å². The van der Waals surface area contributed by atoms with Gasteiger partial charge in [0.05, 0.1) is 0 Å². The van der Waals surface area contributed by atoms with Gasteiger partial charge in [0.2, 0.25) is 5.91 Å². The van der Waals surface area contributed by atoms with Crippen LogP contribution in [-0.4, -0.2) is 61.5 Å². The summed E-state index contributed by atoms with van der Waals surface area (Å²) in [7, 11) is 0. The topological polar surface area (TPSA) is 35.6 Å². The van der Waals surface area contributed by atoms with E-state index in [1.807, 2.05) is 0 Å². The fourth-order valence-electron chi connectivity index (χ4n) is 4.63. The first-order chi connectivity index (χ1) is 11.2. The van der Waals surface area contributed by atoms with Crippen LogP contribution < -0.4 is 5.32 Å². The van der Waals surface area contributed by atoms with Crippen LogP contribution in [0.5, 0.6) is 0 Å². The molecule has 0 radical (unpaired) electrons. The molecule has 3 fully saturated rings. The van der Waals surface area contributed by atoms with Crippen LogP contribution in [0.1, 0.15) is 51.9 Å². The Bertz CT molecular complexity index is 367. The molecular weight excluding hydrogens is 286 g/mol. The molecule has 0 aromatic rings. The van der Waals surface area contributed by atoms with E-state index >= 15 is 0 Å². The lowest BCUT2D eigenvalue weighted by atomic mass is 9.85. The van der Waals surface area contributed by atoms with Gasteiger partial charge in [0.1, 0.15) is 0 Å². The monoisotopic (exact) mass is 321 g/mol. The Morgan fingerprint density at radius 3 is 2.48 bits per heavy atom. The molecule has 1 amide bonds. The molecule has 4 heteroatoms. The Kier molecular flexibility index (Phi) is 6.35. The fraction of sp³-hybridized carbons (Fsp3) is 0.947. The summed E-state index contributed by atoms with van der Waals surface area (Å²) >= 11 is 0. The molecule has 3 rings (SSSR count). The van der Waals surface area contributed by atoms with Crippen LogP contribution >= 0.6 is 0 Å². The minimum absolute atomic E-state index is 0.405. The van der Waals surface area contributed by atoms with Gasteiger partial charge < -0.3 is 15.1 Å². The van der Waals surface area contributed by atoms with Crippen molar-refractivity contribution in [2.45, 2.75) is 51.9 Å². The fourth-order valence-corrected chi connectivity index (χ4v) is 4.63. The van der Waals surface area contributed by atoms with Crippen molar-refractivity contribution in [2.75, 3.05) is 45.8 Å². The molecule has 1 N–H and O–H groups in total. The summed E-state index contributed by atoms with van der Waals surface area (Å²) in [5.74, 6) is 2.44. The summed E-state index contributed by atoms with van der Waals surface area (Å²) in [5.41, 5.74) is 0. The first-order valence-electron chi connectivity index (χ1n) is 9.93. The number of amides is 1. The number of nitrogens with zero attached hydrogens (tertiary/aromatic N) is 2. The maximum absolute atomic E-state index is 12.6. The van der Waals surface area contributed by atoms with E-state index in [-0.39, 0.29) is 0 Å². The normalized spacial score (nSPS) is 28.9. The molecule has 4 nitrogen and oxygen atoms in total. The van der Waals surface area contributed by atoms with Gasteiger partial charge in [-0.15, -0.1) is 0 Å². The highest BCUT2D eigenvalue weighted by molar-refractivity contribution is 5.76. The summed E-state index contributed by atoms with van der Waals surface area (Å²) in [6.07, 6.45) is 8.49. The third-order valence-corrected chi connectivity index (χ3v) is 6.32. The van der Waals surface area contributed by atoms with Crippen molar-refractivity contribution >= 4 is 5.91 Å². The van der Waals surface area contributed by atoms with E-state index < -0.39 is 0 Å². The Labute approximate surface area is 142 Å². The summed E-state index contributed by atoms with van der Waals surface area (Å²) in [6.45, 7) is 10.4. The molecule has 3 aliphatic rings. The molecule has 0 bridgehead atoms. The first kappa shape index (κ1) is 17.2. The molecule has 2 unspecified atom stereocenters. The van der Waals surface area contributed by atoms with Crippen LogP contribution in [-0.2, 0) is 4.79 Å². The average Bonchev–Trinajstić information content (AvgIpc) is 3.09. The predicted octanol–water partition coefficient (Wildman–Crippen LogP) is 2.35. The number of likely N-dealkylation sites (tertiary alicyclic amines) is 2. The third kappa shape index (κ3) is 4.93. The zero-order valence-electron chi connectivity index (χ0n) is 14.9. The van der Waals surface area contributed by atoms with Gasteiger partial charge in [-0.1, -0.05) is 6.92 Å². The number of hydrogen-bond donors (Lipinski definition) is 1. The van der Waals surface area contributed by atoms with Crippen molar-refractivity contribution in [2.24, 2.45) is 17.8 Å². The summed E-state index contributed by atoms with van der Waals surface area (Å²) in [5, 5.41) is 3.48. The van der Waals surface area contributed by atoms with E-state index in [0.29, 0.717) is 17.7 Å². The zero-order chi connectivity index (χ0) is 16.1. The predicted molar refractivity (Wildman–Crippen MR) is 94.4 cm³/mol. The maximum atomic E-state index is 12.6. The van der Waals surface area contributed by atoms with Crippen molar-refractivity contribution in [3.63, 3.8) is 0 Å². The molecule has 0 aromatic carbocycles. The molecule has 132 valence electrons. The van der Waals surface area contributed by atoms with E-state index in [4.69, 9.17) is 0 Å². The molecule has 0 spiro atoms. The SMILES string of the molecule is CC(CC(=O)N1CCC(CN2CCCC2)CC1)C1CCCNC1. The average molecular weight is 322 g/mol. The standard InChI is InChI=1S/C19H35N3O/c1-16(18-5-4-8-20-14-18)13-19(23)22-11-6-17(7-12-22)15-21-9-2-3-10-21/h16-18,20H,2-15H2,1H3. The van der Waals surface area contributed by atoms with E-state index in [0.717, 1.165) is 38.5 Å². The van der Waals surface area contributed by atoms with E-state index in [1.54, 1.807) is 0 Å². The van der Waals surface area contributed by atoms with Gasteiger partial charge in [-0.05, 0) is 82.5 Å². The second kappa shape index (κ2) is 8.48. The van der Waals surface area contributed by atoms with Gasteiger partial charge in [-0.3, -0.25) is 4.79 Å². The summed E-state index contributed by atoms with van der Waals surface area (Å²) in [4.78, 5) is 17.4. The largest absolute Gasteiger partial charge is 0.343 e. The van der Waals surface area contributed by atoms with Crippen LogP contribution in [0.15, 0.2) is 0 Å². The van der Waals surface area contributed by atoms with E-state index in [9.17, 15) is 4.79 Å². The van der Waals surface area contributed by atoms with Crippen LogP contribution in [0.4, 0.5) is 0 Å². The Morgan fingerprint density at radius 1 is 1.09 bits per heavy atom. The number of hydrogen-bond acceptors (Lipinski definition) is 3. The van der Waals surface area contributed by atoms with Crippen molar-refractivity contribution < 1.29 is 4.79 Å². The maximum Gasteiger partial charge on any atom is 0.222 e. The van der Waals surface area contributed by atoms with E-state index in [2.05, 4.69) is 22.0 Å². The number of carbonyl (C=O) groups excluding carboxylic acids is 1. The number of piperidine rings is 2. The molecule has 3 saturated heterocycles.